The standard InChI is InChI=1S/C17H14ClN5OS3/c18-11-5-3-10(4-6-11)12-8-13(14-2-1-7-25-14)23(22-12)15(24)9-26-17-21-20-16(19)27-17/h1-7,13H,8-9H2,(H2,19,20). The first-order valence-corrected chi connectivity index (χ1v) is 11.1. The van der Waals surface area contributed by atoms with Crippen LogP contribution in [0.15, 0.2) is 51.2 Å². The minimum atomic E-state index is -0.0942. The first-order chi connectivity index (χ1) is 13.1. The summed E-state index contributed by atoms with van der Waals surface area (Å²) in [6.45, 7) is 0. The summed E-state index contributed by atoms with van der Waals surface area (Å²) in [5.41, 5.74) is 7.44. The van der Waals surface area contributed by atoms with Crippen LogP contribution < -0.4 is 5.73 Å². The largest absolute Gasteiger partial charge is 0.374 e. The molecular weight excluding hydrogens is 422 g/mol. The quantitative estimate of drug-likeness (QED) is 0.604. The van der Waals surface area contributed by atoms with Crippen molar-refractivity contribution in [3.8, 4) is 0 Å². The first-order valence-electron chi connectivity index (χ1n) is 8.01. The van der Waals surface area contributed by atoms with E-state index in [-0.39, 0.29) is 17.7 Å². The number of nitrogen functional groups attached to an aromatic ring is 1. The Morgan fingerprint density at radius 2 is 2.11 bits per heavy atom. The van der Waals surface area contributed by atoms with Gasteiger partial charge in [0.25, 0.3) is 5.91 Å². The Balaban J connectivity index is 1.55. The molecule has 0 spiro atoms. The second kappa shape index (κ2) is 7.97. The van der Waals surface area contributed by atoms with E-state index in [2.05, 4.69) is 15.3 Å². The van der Waals surface area contributed by atoms with Crippen LogP contribution in [0.2, 0.25) is 5.02 Å². The van der Waals surface area contributed by atoms with Crippen LogP contribution >= 0.6 is 46.0 Å². The zero-order valence-corrected chi connectivity index (χ0v) is 17.1. The number of rotatable bonds is 5. The molecule has 27 heavy (non-hydrogen) atoms. The summed E-state index contributed by atoms with van der Waals surface area (Å²) < 4.78 is 0.676. The lowest BCUT2D eigenvalue weighted by Crippen LogP contribution is -2.28. The SMILES string of the molecule is Nc1nnc(SCC(=O)N2N=C(c3ccc(Cl)cc3)CC2c2cccs2)s1. The van der Waals surface area contributed by atoms with Gasteiger partial charge >= 0.3 is 0 Å². The van der Waals surface area contributed by atoms with E-state index in [0.29, 0.717) is 20.9 Å². The Kier molecular flexibility index (Phi) is 5.44. The van der Waals surface area contributed by atoms with Gasteiger partial charge < -0.3 is 5.73 Å². The number of amides is 1. The maximum absolute atomic E-state index is 12.9. The number of nitrogens with zero attached hydrogens (tertiary/aromatic N) is 4. The van der Waals surface area contributed by atoms with Crippen molar-refractivity contribution in [2.75, 3.05) is 11.5 Å². The summed E-state index contributed by atoms with van der Waals surface area (Å²) >= 11 is 10.2. The zero-order valence-electron chi connectivity index (χ0n) is 13.9. The Morgan fingerprint density at radius 3 is 2.78 bits per heavy atom. The van der Waals surface area contributed by atoms with Crippen LogP contribution in [0.1, 0.15) is 22.9 Å². The molecule has 6 nitrogen and oxygen atoms in total. The average molecular weight is 436 g/mol. The summed E-state index contributed by atoms with van der Waals surface area (Å²) in [5, 5.41) is 17.0. The number of halogens is 1. The number of aromatic nitrogens is 2. The third kappa shape index (κ3) is 4.16. The highest BCUT2D eigenvalue weighted by Gasteiger charge is 2.33. The van der Waals surface area contributed by atoms with Crippen LogP contribution in [0.25, 0.3) is 0 Å². The smallest absolute Gasteiger partial charge is 0.253 e. The van der Waals surface area contributed by atoms with Gasteiger partial charge in [0.05, 0.1) is 17.5 Å². The molecule has 0 radical (unpaired) electrons. The van der Waals surface area contributed by atoms with E-state index in [1.54, 1.807) is 16.3 Å². The number of hydrazone groups is 1. The van der Waals surface area contributed by atoms with Crippen molar-refractivity contribution in [2.45, 2.75) is 16.8 Å². The highest BCUT2D eigenvalue weighted by Crippen LogP contribution is 2.36. The van der Waals surface area contributed by atoms with Gasteiger partial charge in [-0.1, -0.05) is 52.9 Å². The summed E-state index contributed by atoms with van der Waals surface area (Å²) in [6, 6.07) is 11.5. The molecule has 3 aromatic rings. The highest BCUT2D eigenvalue weighted by atomic mass is 35.5. The van der Waals surface area contributed by atoms with Crippen molar-refractivity contribution in [2.24, 2.45) is 5.10 Å². The van der Waals surface area contributed by atoms with E-state index in [9.17, 15) is 4.79 Å². The number of carbonyl (C=O) groups excluding carboxylic acids is 1. The Labute approximate surface area is 173 Å². The maximum Gasteiger partial charge on any atom is 0.253 e. The van der Waals surface area contributed by atoms with Gasteiger partial charge in [0.2, 0.25) is 5.13 Å². The lowest BCUT2D eigenvalue weighted by molar-refractivity contribution is -0.130. The fraction of sp³-hybridized carbons (Fsp3) is 0.176. The van der Waals surface area contributed by atoms with Crippen molar-refractivity contribution in [3.63, 3.8) is 0 Å². The molecule has 0 saturated heterocycles. The molecule has 10 heteroatoms. The molecule has 2 N–H and O–H groups in total. The number of thiophene rings is 1. The predicted molar refractivity (Wildman–Crippen MR) is 112 cm³/mol. The molecule has 3 heterocycles. The van der Waals surface area contributed by atoms with Crippen LogP contribution in [0, 0.1) is 0 Å². The second-order valence-corrected chi connectivity index (χ2v) is 9.37. The van der Waals surface area contributed by atoms with Gasteiger partial charge in [-0.3, -0.25) is 4.79 Å². The molecule has 0 fully saturated rings. The number of nitrogens with two attached hydrogens (primary N) is 1. The Bertz CT molecular complexity index is 971. The third-order valence-electron chi connectivity index (χ3n) is 3.96. The molecule has 1 atom stereocenters. The number of anilines is 1. The van der Waals surface area contributed by atoms with Crippen molar-refractivity contribution < 1.29 is 4.79 Å². The minimum absolute atomic E-state index is 0.0730. The molecule has 0 saturated carbocycles. The number of thioether (sulfide) groups is 1. The molecule has 1 aromatic carbocycles. The number of benzene rings is 1. The minimum Gasteiger partial charge on any atom is -0.374 e. The molecule has 1 unspecified atom stereocenters. The van der Waals surface area contributed by atoms with E-state index in [1.165, 1.54) is 23.1 Å². The van der Waals surface area contributed by atoms with Gasteiger partial charge in [0.15, 0.2) is 4.34 Å². The molecule has 138 valence electrons. The van der Waals surface area contributed by atoms with Crippen LogP contribution in [-0.2, 0) is 4.79 Å². The van der Waals surface area contributed by atoms with Gasteiger partial charge in [-0.25, -0.2) is 5.01 Å². The van der Waals surface area contributed by atoms with E-state index in [1.807, 2.05) is 41.8 Å². The molecule has 1 aliphatic heterocycles. The molecule has 4 rings (SSSR count). The molecular formula is C17H14ClN5OS3. The van der Waals surface area contributed by atoms with Gasteiger partial charge in [0, 0.05) is 16.3 Å². The summed E-state index contributed by atoms with van der Waals surface area (Å²) in [5.74, 6) is 0.157. The maximum atomic E-state index is 12.9. The number of carbonyl (C=O) groups is 1. The van der Waals surface area contributed by atoms with E-state index < -0.39 is 0 Å². The van der Waals surface area contributed by atoms with Gasteiger partial charge in [-0.05, 0) is 29.1 Å². The van der Waals surface area contributed by atoms with Gasteiger partial charge in [-0.2, -0.15) is 5.10 Å². The Hall–Kier alpha value is -1.94. The highest BCUT2D eigenvalue weighted by molar-refractivity contribution is 8.01. The fourth-order valence-electron chi connectivity index (χ4n) is 2.73. The molecule has 2 aromatic heterocycles. The summed E-state index contributed by atoms with van der Waals surface area (Å²) in [4.78, 5) is 14.0. The molecule has 0 aliphatic carbocycles. The van der Waals surface area contributed by atoms with E-state index in [4.69, 9.17) is 17.3 Å². The molecule has 0 bridgehead atoms. The monoisotopic (exact) mass is 435 g/mol. The first kappa shape index (κ1) is 18.4. The van der Waals surface area contributed by atoms with Crippen molar-refractivity contribution in [1.29, 1.82) is 0 Å². The predicted octanol–water partition coefficient (Wildman–Crippen LogP) is 4.31. The van der Waals surface area contributed by atoms with Crippen LogP contribution in [0.3, 0.4) is 0 Å². The van der Waals surface area contributed by atoms with Crippen molar-refractivity contribution in [1.82, 2.24) is 15.2 Å². The normalized spacial score (nSPS) is 16.6. The fourth-order valence-corrected chi connectivity index (χ4v) is 5.15. The number of hydrogen-bond donors (Lipinski definition) is 1. The van der Waals surface area contributed by atoms with Crippen molar-refractivity contribution in [3.05, 3.63) is 57.2 Å². The van der Waals surface area contributed by atoms with Gasteiger partial charge in [-0.15, -0.1) is 21.5 Å². The van der Waals surface area contributed by atoms with Gasteiger partial charge in [0.1, 0.15) is 0 Å². The second-order valence-electron chi connectivity index (χ2n) is 5.72. The lowest BCUT2D eigenvalue weighted by Gasteiger charge is -2.20. The summed E-state index contributed by atoms with van der Waals surface area (Å²) in [7, 11) is 0. The third-order valence-corrected chi connectivity index (χ3v) is 7.05. The zero-order chi connectivity index (χ0) is 18.8. The number of hydrogen-bond acceptors (Lipinski definition) is 8. The average Bonchev–Trinajstić information content (AvgIpc) is 3.40. The van der Waals surface area contributed by atoms with Crippen LogP contribution in [0.4, 0.5) is 5.13 Å². The lowest BCUT2D eigenvalue weighted by atomic mass is 10.0. The molecule has 1 aliphatic rings. The van der Waals surface area contributed by atoms with Crippen molar-refractivity contribution >= 4 is 62.8 Å². The molecule has 1 amide bonds. The Morgan fingerprint density at radius 1 is 1.30 bits per heavy atom. The summed E-state index contributed by atoms with van der Waals surface area (Å²) in [6.07, 6.45) is 0.671. The van der Waals surface area contributed by atoms with E-state index >= 15 is 0 Å². The topological polar surface area (TPSA) is 84.5 Å². The van der Waals surface area contributed by atoms with Crippen LogP contribution in [-0.4, -0.2) is 32.6 Å². The van der Waals surface area contributed by atoms with E-state index in [0.717, 1.165) is 16.2 Å². The van der Waals surface area contributed by atoms with Crippen LogP contribution in [0.5, 0.6) is 0 Å².